The highest BCUT2D eigenvalue weighted by molar-refractivity contribution is 7.99. The van der Waals surface area contributed by atoms with Crippen molar-refractivity contribution in [1.29, 1.82) is 5.26 Å². The SMILES string of the molecule is N#CCSc1ccccc1NC(=O)C[NH+](Cc1ccco1)Cc1cccs1. The van der Waals surface area contributed by atoms with E-state index in [1.165, 1.54) is 16.6 Å². The Kier molecular flexibility index (Phi) is 7.11. The number of thiophene rings is 1. The average molecular weight is 399 g/mol. The summed E-state index contributed by atoms with van der Waals surface area (Å²) in [6.45, 7) is 1.73. The Labute approximate surface area is 166 Å². The number of benzene rings is 1. The fourth-order valence-electron chi connectivity index (χ4n) is 2.73. The lowest BCUT2D eigenvalue weighted by molar-refractivity contribution is -0.920. The van der Waals surface area contributed by atoms with Crippen LogP contribution in [-0.2, 0) is 17.9 Å². The van der Waals surface area contributed by atoms with Gasteiger partial charge in [0, 0.05) is 4.90 Å². The largest absolute Gasteiger partial charge is 0.463 e. The molecule has 0 saturated heterocycles. The fourth-order valence-corrected chi connectivity index (χ4v) is 4.18. The van der Waals surface area contributed by atoms with Gasteiger partial charge < -0.3 is 14.6 Å². The van der Waals surface area contributed by atoms with E-state index in [1.54, 1.807) is 17.6 Å². The average Bonchev–Trinajstić information content (AvgIpc) is 3.35. The maximum atomic E-state index is 12.7. The van der Waals surface area contributed by atoms with Crippen LogP contribution in [-0.4, -0.2) is 18.2 Å². The van der Waals surface area contributed by atoms with E-state index in [1.807, 2.05) is 47.8 Å². The molecule has 0 bridgehead atoms. The Morgan fingerprint density at radius 3 is 2.81 bits per heavy atom. The first-order valence-electron chi connectivity index (χ1n) is 8.51. The van der Waals surface area contributed by atoms with Crippen LogP contribution < -0.4 is 10.2 Å². The van der Waals surface area contributed by atoms with Crippen LogP contribution in [0.5, 0.6) is 0 Å². The highest BCUT2D eigenvalue weighted by Crippen LogP contribution is 2.26. The number of nitriles is 1. The molecule has 0 aliphatic heterocycles. The Morgan fingerprint density at radius 2 is 2.07 bits per heavy atom. The number of anilines is 1. The summed E-state index contributed by atoms with van der Waals surface area (Å²) in [6, 6.07) is 17.6. The van der Waals surface area contributed by atoms with Crippen molar-refractivity contribution in [1.82, 2.24) is 0 Å². The van der Waals surface area contributed by atoms with E-state index in [4.69, 9.17) is 9.68 Å². The lowest BCUT2D eigenvalue weighted by Gasteiger charge is -2.18. The van der Waals surface area contributed by atoms with Gasteiger partial charge in [-0.05, 0) is 35.7 Å². The molecule has 1 aromatic carbocycles. The molecule has 2 heterocycles. The van der Waals surface area contributed by atoms with Crippen LogP contribution in [0.15, 0.2) is 69.5 Å². The predicted octanol–water partition coefficient (Wildman–Crippen LogP) is 3.18. The van der Waals surface area contributed by atoms with Crippen LogP contribution in [0, 0.1) is 11.3 Å². The van der Waals surface area contributed by atoms with Gasteiger partial charge in [0.05, 0.1) is 28.6 Å². The maximum absolute atomic E-state index is 12.7. The molecule has 0 aliphatic rings. The second-order valence-electron chi connectivity index (χ2n) is 5.93. The molecule has 0 radical (unpaired) electrons. The summed E-state index contributed by atoms with van der Waals surface area (Å²) in [6.07, 6.45) is 1.65. The first-order valence-corrected chi connectivity index (χ1v) is 10.4. The molecule has 1 unspecified atom stereocenters. The quantitative estimate of drug-likeness (QED) is 0.543. The Bertz CT molecular complexity index is 850. The van der Waals surface area contributed by atoms with E-state index >= 15 is 0 Å². The summed E-state index contributed by atoms with van der Waals surface area (Å²) in [5.41, 5.74) is 0.747. The van der Waals surface area contributed by atoms with Crippen molar-refractivity contribution in [3.63, 3.8) is 0 Å². The van der Waals surface area contributed by atoms with E-state index in [9.17, 15) is 4.79 Å². The molecule has 0 fully saturated rings. The van der Waals surface area contributed by atoms with Gasteiger partial charge in [0.25, 0.3) is 5.91 Å². The van der Waals surface area contributed by atoms with Crippen LogP contribution in [0.25, 0.3) is 0 Å². The highest BCUT2D eigenvalue weighted by atomic mass is 32.2. The Morgan fingerprint density at radius 1 is 1.19 bits per heavy atom. The zero-order valence-electron chi connectivity index (χ0n) is 14.7. The number of nitrogens with zero attached hydrogens (tertiary/aromatic N) is 1. The van der Waals surface area contributed by atoms with Gasteiger partial charge in [0.15, 0.2) is 12.3 Å². The first kappa shape index (κ1) is 19.2. The number of carbonyl (C=O) groups excluding carboxylic acids is 1. The van der Waals surface area contributed by atoms with Crippen molar-refractivity contribution in [3.05, 3.63) is 70.8 Å². The van der Waals surface area contributed by atoms with Gasteiger partial charge in [-0.1, -0.05) is 18.2 Å². The van der Waals surface area contributed by atoms with Crippen molar-refractivity contribution < 1.29 is 14.1 Å². The number of amides is 1. The van der Waals surface area contributed by atoms with Gasteiger partial charge in [-0.15, -0.1) is 23.1 Å². The Balaban J connectivity index is 1.66. The van der Waals surface area contributed by atoms with Gasteiger partial charge in [-0.3, -0.25) is 4.79 Å². The number of quaternary nitrogens is 1. The van der Waals surface area contributed by atoms with E-state index in [-0.39, 0.29) is 5.91 Å². The van der Waals surface area contributed by atoms with Crippen LogP contribution in [0.4, 0.5) is 5.69 Å². The summed E-state index contributed by atoms with van der Waals surface area (Å²) >= 11 is 3.11. The number of rotatable bonds is 9. The maximum Gasteiger partial charge on any atom is 0.279 e. The minimum atomic E-state index is -0.0573. The normalized spacial score (nSPS) is 11.7. The van der Waals surface area contributed by atoms with Crippen LogP contribution in [0.1, 0.15) is 10.6 Å². The van der Waals surface area contributed by atoms with Gasteiger partial charge in [-0.2, -0.15) is 5.26 Å². The molecule has 0 saturated carbocycles. The molecule has 138 valence electrons. The molecule has 2 N–H and O–H groups in total. The zero-order valence-corrected chi connectivity index (χ0v) is 16.3. The van der Waals surface area contributed by atoms with E-state index in [0.717, 1.165) is 27.8 Å². The highest BCUT2D eigenvalue weighted by Gasteiger charge is 2.18. The lowest BCUT2D eigenvalue weighted by Crippen LogP contribution is -3.10. The molecule has 5 nitrogen and oxygen atoms in total. The second kappa shape index (κ2) is 9.97. The lowest BCUT2D eigenvalue weighted by atomic mass is 10.3. The third-order valence-electron chi connectivity index (χ3n) is 3.87. The molecular formula is C20H20N3O2S2+. The number of hydrogen-bond donors (Lipinski definition) is 2. The number of furan rings is 1. The summed E-state index contributed by atoms with van der Waals surface area (Å²) in [5.74, 6) is 1.15. The molecule has 7 heteroatoms. The number of nitrogens with one attached hydrogen (secondary N) is 2. The zero-order chi connectivity index (χ0) is 18.9. The van der Waals surface area contributed by atoms with Crippen molar-refractivity contribution in [3.8, 4) is 6.07 Å². The molecular weight excluding hydrogens is 378 g/mol. The van der Waals surface area contributed by atoms with Gasteiger partial charge >= 0.3 is 0 Å². The molecule has 3 aromatic rings. The van der Waals surface area contributed by atoms with Crippen molar-refractivity contribution in [2.75, 3.05) is 17.6 Å². The standard InChI is InChI=1S/C20H19N3O2S2/c21-9-12-27-19-8-2-1-7-18(19)22-20(24)15-23(13-16-5-3-10-25-16)14-17-6-4-11-26-17/h1-8,10-11H,12-15H2,(H,22,24)/p+1. The van der Waals surface area contributed by atoms with Crippen molar-refractivity contribution >= 4 is 34.7 Å². The van der Waals surface area contributed by atoms with Crippen molar-refractivity contribution in [2.24, 2.45) is 0 Å². The molecule has 0 spiro atoms. The number of thioether (sulfide) groups is 1. The monoisotopic (exact) mass is 398 g/mol. The smallest absolute Gasteiger partial charge is 0.279 e. The van der Waals surface area contributed by atoms with Crippen LogP contribution >= 0.6 is 23.1 Å². The van der Waals surface area contributed by atoms with Gasteiger partial charge in [0.1, 0.15) is 13.1 Å². The molecule has 27 heavy (non-hydrogen) atoms. The summed E-state index contributed by atoms with van der Waals surface area (Å²) in [5, 5.41) is 13.8. The molecule has 0 aliphatic carbocycles. The summed E-state index contributed by atoms with van der Waals surface area (Å²) < 4.78 is 5.46. The topological polar surface area (TPSA) is 70.5 Å². The molecule has 2 aromatic heterocycles. The third kappa shape index (κ3) is 6.00. The summed E-state index contributed by atoms with van der Waals surface area (Å²) in [4.78, 5) is 15.9. The van der Waals surface area contributed by atoms with E-state index < -0.39 is 0 Å². The molecule has 1 amide bonds. The first-order chi connectivity index (χ1) is 13.2. The van der Waals surface area contributed by atoms with Crippen molar-refractivity contribution in [2.45, 2.75) is 18.0 Å². The van der Waals surface area contributed by atoms with E-state index in [2.05, 4.69) is 17.5 Å². The Hall–Kier alpha value is -2.53. The predicted molar refractivity (Wildman–Crippen MR) is 108 cm³/mol. The van der Waals surface area contributed by atoms with Crippen LogP contribution in [0.3, 0.4) is 0 Å². The fraction of sp³-hybridized carbons (Fsp3) is 0.200. The summed E-state index contributed by atoms with van der Waals surface area (Å²) in [7, 11) is 0. The molecule has 3 rings (SSSR count). The number of hydrogen-bond acceptors (Lipinski definition) is 5. The van der Waals surface area contributed by atoms with Gasteiger partial charge in [-0.25, -0.2) is 0 Å². The minimum Gasteiger partial charge on any atom is -0.463 e. The third-order valence-corrected chi connectivity index (χ3v) is 5.69. The van der Waals surface area contributed by atoms with Gasteiger partial charge in [0.2, 0.25) is 0 Å². The second-order valence-corrected chi connectivity index (χ2v) is 7.98. The number of para-hydroxylation sites is 1. The minimum absolute atomic E-state index is 0.0573. The van der Waals surface area contributed by atoms with Crippen LogP contribution in [0.2, 0.25) is 0 Å². The molecule has 1 atom stereocenters. The number of carbonyl (C=O) groups is 1. The van der Waals surface area contributed by atoms with E-state index in [0.29, 0.717) is 18.8 Å².